The van der Waals surface area contributed by atoms with Crippen molar-refractivity contribution in [1.82, 2.24) is 0 Å². The van der Waals surface area contributed by atoms with E-state index in [0.717, 1.165) is 0 Å². The number of carboxylic acid groups (broad SMARTS) is 1. The van der Waals surface area contributed by atoms with Gasteiger partial charge in [0.1, 0.15) is 6.54 Å². The van der Waals surface area contributed by atoms with Crippen molar-refractivity contribution in [2.75, 3.05) is 0 Å². The Hall–Kier alpha value is -2.51. The van der Waals surface area contributed by atoms with Gasteiger partial charge < -0.3 is 9.90 Å². The summed E-state index contributed by atoms with van der Waals surface area (Å²) in [6, 6.07) is 6.33. The van der Waals surface area contributed by atoms with Crippen LogP contribution in [0.3, 0.4) is 0 Å². The number of aryl methyl sites for hydroxylation is 1. The second-order valence-corrected chi connectivity index (χ2v) is 10.4. The van der Waals surface area contributed by atoms with Crippen molar-refractivity contribution in [3.63, 3.8) is 0 Å². The SMILES string of the molecule is CCCCCCCCCCCCCCCCCCCC[n+]1ccccc1.O=C([O-])c1c(F)c(F)c(F)c(F)c1F. The molecule has 1 aromatic carbocycles. The Morgan fingerprint density at radius 2 is 0.875 bits per heavy atom. The lowest BCUT2D eigenvalue weighted by atomic mass is 10.0. The van der Waals surface area contributed by atoms with Crippen molar-refractivity contribution >= 4 is 5.97 Å². The van der Waals surface area contributed by atoms with Crippen LogP contribution >= 0.6 is 0 Å². The molecule has 3 nitrogen and oxygen atoms in total. The number of hydrogen-bond donors (Lipinski definition) is 0. The number of rotatable bonds is 20. The van der Waals surface area contributed by atoms with E-state index in [1.54, 1.807) is 0 Å². The fourth-order valence-corrected chi connectivity index (χ4v) is 4.56. The lowest BCUT2D eigenvalue weighted by Crippen LogP contribution is -2.32. The summed E-state index contributed by atoms with van der Waals surface area (Å²) in [4.78, 5) is 10.0. The maximum absolute atomic E-state index is 12.5. The van der Waals surface area contributed by atoms with Crippen molar-refractivity contribution in [2.24, 2.45) is 0 Å². The molecule has 0 radical (unpaired) electrons. The Labute approximate surface area is 236 Å². The highest BCUT2D eigenvalue weighted by molar-refractivity contribution is 5.86. The van der Waals surface area contributed by atoms with Crippen molar-refractivity contribution in [2.45, 2.75) is 129 Å². The molecule has 2 aromatic rings. The molecule has 0 unspecified atom stereocenters. The number of carbonyl (C=O) groups is 1. The molecule has 0 saturated carbocycles. The number of hydrogen-bond acceptors (Lipinski definition) is 2. The number of pyridine rings is 1. The van der Waals surface area contributed by atoms with Gasteiger partial charge in [0.15, 0.2) is 35.7 Å². The Morgan fingerprint density at radius 1 is 0.550 bits per heavy atom. The van der Waals surface area contributed by atoms with E-state index in [4.69, 9.17) is 0 Å². The highest BCUT2D eigenvalue weighted by Gasteiger charge is 2.25. The molecule has 0 aliphatic heterocycles. The third-order valence-corrected chi connectivity index (χ3v) is 6.96. The highest BCUT2D eigenvalue weighted by Crippen LogP contribution is 2.22. The number of benzene rings is 1. The molecule has 0 N–H and O–H groups in total. The molecule has 0 aliphatic carbocycles. The van der Waals surface area contributed by atoms with E-state index in [1.807, 2.05) is 0 Å². The topological polar surface area (TPSA) is 44.0 Å². The Balaban J connectivity index is 0.000000479. The Morgan fingerprint density at radius 3 is 1.23 bits per heavy atom. The molecule has 226 valence electrons. The zero-order valence-electron chi connectivity index (χ0n) is 24.0. The monoisotopic (exact) mass is 571 g/mol. The van der Waals surface area contributed by atoms with Gasteiger partial charge in [-0.05, 0) is 6.42 Å². The van der Waals surface area contributed by atoms with Gasteiger partial charge >= 0.3 is 0 Å². The van der Waals surface area contributed by atoms with Crippen molar-refractivity contribution in [1.29, 1.82) is 0 Å². The normalized spacial score (nSPS) is 10.8. The van der Waals surface area contributed by atoms with E-state index in [-0.39, 0.29) is 0 Å². The van der Waals surface area contributed by atoms with E-state index in [9.17, 15) is 31.9 Å². The molecule has 2 rings (SSSR count). The molecule has 1 aromatic heterocycles. The minimum Gasteiger partial charge on any atom is -0.545 e. The highest BCUT2D eigenvalue weighted by atomic mass is 19.2. The van der Waals surface area contributed by atoms with E-state index in [0.29, 0.717) is 0 Å². The number of halogens is 5. The van der Waals surface area contributed by atoms with Crippen LogP contribution in [0.4, 0.5) is 22.0 Å². The predicted molar refractivity (Wildman–Crippen MR) is 146 cm³/mol. The zero-order valence-corrected chi connectivity index (χ0v) is 24.0. The first-order chi connectivity index (χ1) is 19.3. The quantitative estimate of drug-likeness (QED) is 0.0524. The maximum atomic E-state index is 12.5. The number of aromatic nitrogens is 1. The average molecular weight is 572 g/mol. The maximum Gasteiger partial charge on any atom is 0.200 e. The second-order valence-electron chi connectivity index (χ2n) is 10.4. The first-order valence-corrected chi connectivity index (χ1v) is 15.0. The summed E-state index contributed by atoms with van der Waals surface area (Å²) < 4.78 is 64.3. The zero-order chi connectivity index (χ0) is 29.6. The van der Waals surface area contributed by atoms with Crippen LogP contribution in [0, 0.1) is 29.1 Å². The van der Waals surface area contributed by atoms with E-state index in [2.05, 4.69) is 42.1 Å². The summed E-state index contributed by atoms with van der Waals surface area (Å²) in [5.74, 6) is -14.4. The number of aromatic carboxylic acids is 1. The van der Waals surface area contributed by atoms with E-state index < -0.39 is 40.6 Å². The van der Waals surface area contributed by atoms with Crippen LogP contribution in [0.2, 0.25) is 0 Å². The summed E-state index contributed by atoms with van der Waals surface area (Å²) in [5.41, 5.74) is -1.97. The summed E-state index contributed by atoms with van der Waals surface area (Å²) in [5, 5.41) is 10.0. The molecule has 8 heteroatoms. The number of carboxylic acids is 1. The standard InChI is InChI=1S/C25H46N.C7HF5O2/c1-2-3-4-5-6-7-8-9-10-11-12-13-14-15-16-17-18-20-23-26-24-21-19-22-25-26;8-2-1(7(13)14)3(9)5(11)6(12)4(2)10/h19,21-22,24-25H,2-18,20,23H2,1H3;(H,13,14)/q+1;/p-1. The van der Waals surface area contributed by atoms with Crippen LogP contribution in [-0.2, 0) is 6.54 Å². The molecule has 40 heavy (non-hydrogen) atoms. The average Bonchev–Trinajstić information content (AvgIpc) is 2.95. The van der Waals surface area contributed by atoms with Crippen LogP contribution in [0.25, 0.3) is 0 Å². The first-order valence-electron chi connectivity index (χ1n) is 15.0. The number of unbranched alkanes of at least 4 members (excludes halogenated alkanes) is 17. The van der Waals surface area contributed by atoms with Gasteiger partial charge in [0.2, 0.25) is 5.82 Å². The molecule has 0 bridgehead atoms. The Kier molecular flexibility index (Phi) is 19.7. The van der Waals surface area contributed by atoms with Gasteiger partial charge in [-0.2, -0.15) is 0 Å². The fourth-order valence-electron chi connectivity index (χ4n) is 4.56. The molecule has 1 heterocycles. The smallest absolute Gasteiger partial charge is 0.200 e. The van der Waals surface area contributed by atoms with Crippen LogP contribution in [0.5, 0.6) is 0 Å². The molecular weight excluding hydrogens is 525 g/mol. The van der Waals surface area contributed by atoms with Crippen molar-refractivity contribution < 1.29 is 36.4 Å². The molecule has 0 spiro atoms. The van der Waals surface area contributed by atoms with Gasteiger partial charge in [-0.1, -0.05) is 116 Å². The van der Waals surface area contributed by atoms with Crippen molar-refractivity contribution in [3.8, 4) is 0 Å². The summed E-state index contributed by atoms with van der Waals surface area (Å²) in [7, 11) is 0. The van der Waals surface area contributed by atoms with Crippen LogP contribution < -0.4 is 9.67 Å². The Bertz CT molecular complexity index is 927. The van der Waals surface area contributed by atoms with Gasteiger partial charge in [-0.3, -0.25) is 0 Å². The molecule has 0 saturated heterocycles. The number of carbonyl (C=O) groups excluding carboxylic acids is 1. The molecule has 0 amide bonds. The second kappa shape index (κ2) is 22.2. The minimum atomic E-state index is -2.47. The third-order valence-electron chi connectivity index (χ3n) is 6.96. The van der Waals surface area contributed by atoms with Crippen molar-refractivity contribution in [3.05, 3.63) is 65.2 Å². The molecule has 0 atom stereocenters. The van der Waals surface area contributed by atoms with Gasteiger partial charge in [-0.25, -0.2) is 26.5 Å². The molecule has 0 fully saturated rings. The van der Waals surface area contributed by atoms with Gasteiger partial charge in [-0.15, -0.1) is 0 Å². The molecular formula is C32H46F5NO2. The predicted octanol–water partition coefficient (Wildman–Crippen LogP) is 8.76. The summed E-state index contributed by atoms with van der Waals surface area (Å²) >= 11 is 0. The fraction of sp³-hybridized carbons (Fsp3) is 0.625. The van der Waals surface area contributed by atoms with Crippen LogP contribution in [0.1, 0.15) is 133 Å². The minimum absolute atomic E-state index is 1.18. The number of nitrogens with zero attached hydrogens (tertiary/aromatic N) is 1. The van der Waals surface area contributed by atoms with Gasteiger partial charge in [0.25, 0.3) is 0 Å². The summed E-state index contributed by atoms with van der Waals surface area (Å²) in [6.45, 7) is 3.48. The third kappa shape index (κ3) is 14.8. The summed E-state index contributed by atoms with van der Waals surface area (Å²) in [6.07, 6.45) is 30.4. The lowest BCUT2D eigenvalue weighted by Gasteiger charge is -2.07. The largest absolute Gasteiger partial charge is 0.545 e. The van der Waals surface area contributed by atoms with E-state index >= 15 is 0 Å². The van der Waals surface area contributed by atoms with E-state index in [1.165, 1.54) is 122 Å². The van der Waals surface area contributed by atoms with Crippen LogP contribution in [0.15, 0.2) is 30.6 Å². The lowest BCUT2D eigenvalue weighted by molar-refractivity contribution is -0.697. The molecule has 0 aliphatic rings. The first kappa shape index (κ1) is 35.5. The van der Waals surface area contributed by atoms with Gasteiger partial charge in [0.05, 0.1) is 11.5 Å². The van der Waals surface area contributed by atoms with Gasteiger partial charge in [0, 0.05) is 18.6 Å². The van der Waals surface area contributed by atoms with Crippen LogP contribution in [-0.4, -0.2) is 5.97 Å².